The summed E-state index contributed by atoms with van der Waals surface area (Å²) < 4.78 is 60.8. The van der Waals surface area contributed by atoms with Crippen molar-refractivity contribution in [3.8, 4) is 0 Å². The molecular weight excluding hydrogens is 221 g/mol. The molecule has 0 aliphatic carbocycles. The lowest BCUT2D eigenvalue weighted by Crippen LogP contribution is -2.24. The molecule has 1 aromatic carbocycles. The molecule has 7 heteroatoms. The largest absolute Gasteiger partial charge is 0.454 e. The van der Waals surface area contributed by atoms with Crippen LogP contribution < -0.4 is 5.73 Å². The molecule has 0 unspecified atom stereocenters. The van der Waals surface area contributed by atoms with Crippen LogP contribution in [0.5, 0.6) is 0 Å². The van der Waals surface area contributed by atoms with Crippen molar-refractivity contribution in [3.05, 3.63) is 29.3 Å². The van der Waals surface area contributed by atoms with Crippen LogP contribution in [0.4, 0.5) is 27.6 Å². The van der Waals surface area contributed by atoms with Crippen LogP contribution in [0, 0.1) is 11.6 Å². The van der Waals surface area contributed by atoms with E-state index in [-0.39, 0.29) is 6.07 Å². The fourth-order valence-electron chi connectivity index (χ4n) is 0.912. The molecule has 0 aliphatic heterocycles. The van der Waals surface area contributed by atoms with Crippen molar-refractivity contribution in [2.45, 2.75) is 6.18 Å². The van der Waals surface area contributed by atoms with E-state index in [1.807, 2.05) is 0 Å². The van der Waals surface area contributed by atoms with Gasteiger partial charge in [-0.1, -0.05) is 0 Å². The molecule has 0 saturated carbocycles. The molecular formula is C8H4F5NO. The van der Waals surface area contributed by atoms with Crippen LogP contribution in [0.2, 0.25) is 0 Å². The molecule has 0 heterocycles. The summed E-state index contributed by atoms with van der Waals surface area (Å²) >= 11 is 0. The first-order valence-electron chi connectivity index (χ1n) is 3.59. The van der Waals surface area contributed by atoms with Gasteiger partial charge in [0.25, 0.3) is 5.78 Å². The second kappa shape index (κ2) is 3.48. The minimum Gasteiger partial charge on any atom is -0.398 e. The average Bonchev–Trinajstić information content (AvgIpc) is 2.08. The molecule has 2 N–H and O–H groups in total. The van der Waals surface area contributed by atoms with Gasteiger partial charge in [0.15, 0.2) is 11.6 Å². The van der Waals surface area contributed by atoms with Gasteiger partial charge in [0.2, 0.25) is 0 Å². The number of halogens is 5. The molecule has 0 atom stereocenters. The zero-order valence-electron chi connectivity index (χ0n) is 7.03. The Balaban J connectivity index is 3.28. The zero-order chi connectivity index (χ0) is 11.8. The van der Waals surface area contributed by atoms with Gasteiger partial charge in [-0.2, -0.15) is 13.2 Å². The minimum absolute atomic E-state index is 0.125. The predicted molar refractivity (Wildman–Crippen MR) is 41.2 cm³/mol. The standard InChI is InChI=1S/C8H4F5NO/c9-4-1-3(6(14)2-5(4)10)7(15)8(11,12)13/h1-2H,14H2. The second-order valence-corrected chi connectivity index (χ2v) is 2.68. The summed E-state index contributed by atoms with van der Waals surface area (Å²) in [4.78, 5) is 10.7. The van der Waals surface area contributed by atoms with E-state index in [9.17, 15) is 26.7 Å². The van der Waals surface area contributed by atoms with Crippen molar-refractivity contribution in [3.63, 3.8) is 0 Å². The minimum atomic E-state index is -5.17. The number of alkyl halides is 3. The number of anilines is 1. The number of ketones is 1. The molecule has 0 amide bonds. The number of Topliss-reactive ketones (excluding diaryl/α,β-unsaturated/α-hetero) is 1. The predicted octanol–water partition coefficient (Wildman–Crippen LogP) is 2.29. The fraction of sp³-hybridized carbons (Fsp3) is 0.125. The highest BCUT2D eigenvalue weighted by molar-refractivity contribution is 6.04. The maximum absolute atomic E-state index is 12.6. The fourth-order valence-corrected chi connectivity index (χ4v) is 0.912. The monoisotopic (exact) mass is 225 g/mol. The maximum atomic E-state index is 12.6. The van der Waals surface area contributed by atoms with Crippen molar-refractivity contribution in [2.24, 2.45) is 0 Å². The Morgan fingerprint density at radius 3 is 2.07 bits per heavy atom. The number of carbonyl (C=O) groups excluding carboxylic acids is 1. The number of benzene rings is 1. The summed E-state index contributed by atoms with van der Waals surface area (Å²) in [6.07, 6.45) is -5.17. The lowest BCUT2D eigenvalue weighted by atomic mass is 10.1. The second-order valence-electron chi connectivity index (χ2n) is 2.68. The van der Waals surface area contributed by atoms with Gasteiger partial charge >= 0.3 is 6.18 Å². The molecule has 0 bridgehead atoms. The zero-order valence-corrected chi connectivity index (χ0v) is 7.03. The molecule has 0 spiro atoms. The lowest BCUT2D eigenvalue weighted by molar-refractivity contribution is -0.0884. The Kier molecular flexibility index (Phi) is 2.65. The molecule has 15 heavy (non-hydrogen) atoms. The first kappa shape index (κ1) is 11.4. The van der Waals surface area contributed by atoms with Gasteiger partial charge in [-0.05, 0) is 6.07 Å². The van der Waals surface area contributed by atoms with Crippen LogP contribution in [-0.4, -0.2) is 12.0 Å². The summed E-state index contributed by atoms with van der Waals surface area (Å²) in [6, 6.07) is 0.453. The number of hydrogen-bond donors (Lipinski definition) is 1. The third-order valence-electron chi connectivity index (χ3n) is 1.59. The normalized spacial score (nSPS) is 11.5. The van der Waals surface area contributed by atoms with Gasteiger partial charge in [0.1, 0.15) is 0 Å². The number of rotatable bonds is 1. The summed E-state index contributed by atoms with van der Waals surface area (Å²) in [5.74, 6) is -5.28. The van der Waals surface area contributed by atoms with E-state index in [0.29, 0.717) is 6.07 Å². The summed E-state index contributed by atoms with van der Waals surface area (Å²) in [5.41, 5.74) is 3.11. The van der Waals surface area contributed by atoms with E-state index in [2.05, 4.69) is 0 Å². The average molecular weight is 225 g/mol. The Hall–Kier alpha value is -1.66. The van der Waals surface area contributed by atoms with Crippen LogP contribution in [0.3, 0.4) is 0 Å². The number of nitrogen functional groups attached to an aromatic ring is 1. The molecule has 1 aromatic rings. The van der Waals surface area contributed by atoms with Gasteiger partial charge in [-0.25, -0.2) is 8.78 Å². The number of carbonyl (C=O) groups is 1. The Morgan fingerprint density at radius 1 is 1.13 bits per heavy atom. The molecule has 82 valence electrons. The van der Waals surface area contributed by atoms with Crippen molar-refractivity contribution in [1.29, 1.82) is 0 Å². The highest BCUT2D eigenvalue weighted by Gasteiger charge is 2.40. The molecule has 0 aromatic heterocycles. The van der Waals surface area contributed by atoms with E-state index in [4.69, 9.17) is 5.73 Å². The number of nitrogens with two attached hydrogens (primary N) is 1. The van der Waals surface area contributed by atoms with Crippen LogP contribution in [0.15, 0.2) is 12.1 Å². The third-order valence-corrected chi connectivity index (χ3v) is 1.59. The SMILES string of the molecule is Nc1cc(F)c(F)cc1C(=O)C(F)(F)F. The van der Waals surface area contributed by atoms with Crippen molar-refractivity contribution in [2.75, 3.05) is 5.73 Å². The van der Waals surface area contributed by atoms with Gasteiger partial charge in [-0.15, -0.1) is 0 Å². The highest BCUT2D eigenvalue weighted by atomic mass is 19.4. The van der Waals surface area contributed by atoms with E-state index in [0.717, 1.165) is 0 Å². The quantitative estimate of drug-likeness (QED) is 0.452. The van der Waals surface area contributed by atoms with Gasteiger partial charge in [0.05, 0.1) is 5.56 Å². The Morgan fingerprint density at radius 2 is 1.60 bits per heavy atom. The molecule has 0 radical (unpaired) electrons. The van der Waals surface area contributed by atoms with Crippen molar-refractivity contribution in [1.82, 2.24) is 0 Å². The van der Waals surface area contributed by atoms with E-state index in [1.54, 1.807) is 0 Å². The van der Waals surface area contributed by atoms with Gasteiger partial charge in [0, 0.05) is 11.8 Å². The summed E-state index contributed by atoms with van der Waals surface area (Å²) in [7, 11) is 0. The molecule has 1 rings (SSSR count). The molecule has 2 nitrogen and oxygen atoms in total. The third kappa shape index (κ3) is 2.23. The molecule has 0 saturated heterocycles. The lowest BCUT2D eigenvalue weighted by Gasteiger charge is -2.08. The van der Waals surface area contributed by atoms with Crippen molar-refractivity contribution >= 4 is 11.5 Å². The summed E-state index contributed by atoms with van der Waals surface area (Å²) in [6.45, 7) is 0. The molecule has 0 fully saturated rings. The topological polar surface area (TPSA) is 43.1 Å². The van der Waals surface area contributed by atoms with Crippen molar-refractivity contribution < 1.29 is 26.7 Å². The van der Waals surface area contributed by atoms with Crippen LogP contribution in [-0.2, 0) is 0 Å². The van der Waals surface area contributed by atoms with E-state index >= 15 is 0 Å². The van der Waals surface area contributed by atoms with Crippen LogP contribution in [0.1, 0.15) is 10.4 Å². The maximum Gasteiger partial charge on any atom is 0.454 e. The molecule has 0 aliphatic rings. The van der Waals surface area contributed by atoms with E-state index < -0.39 is 34.8 Å². The van der Waals surface area contributed by atoms with Gasteiger partial charge in [-0.3, -0.25) is 4.79 Å². The smallest absolute Gasteiger partial charge is 0.398 e. The Bertz CT molecular complexity index is 412. The summed E-state index contributed by atoms with van der Waals surface area (Å²) in [5, 5.41) is 0. The van der Waals surface area contributed by atoms with E-state index in [1.165, 1.54) is 0 Å². The van der Waals surface area contributed by atoms with Crippen LogP contribution >= 0.6 is 0 Å². The first-order valence-corrected chi connectivity index (χ1v) is 3.59. The first-order chi connectivity index (χ1) is 6.73. The highest BCUT2D eigenvalue weighted by Crippen LogP contribution is 2.26. The van der Waals surface area contributed by atoms with Gasteiger partial charge < -0.3 is 5.73 Å². The van der Waals surface area contributed by atoms with Crippen LogP contribution in [0.25, 0.3) is 0 Å². The Labute approximate surface area is 80.5 Å². The number of hydrogen-bond acceptors (Lipinski definition) is 2.